The molecule has 0 fully saturated rings. The number of nitrogens with zero attached hydrogens (tertiary/aromatic N) is 2. The van der Waals surface area contributed by atoms with E-state index in [-0.39, 0.29) is 5.75 Å². The van der Waals surface area contributed by atoms with Crippen molar-refractivity contribution in [1.82, 2.24) is 9.97 Å². The Labute approximate surface area is 117 Å². The maximum atomic E-state index is 13.4. The minimum Gasteiger partial charge on any atom is -0.508 e. The summed E-state index contributed by atoms with van der Waals surface area (Å²) in [5, 5.41) is 12.5. The third kappa shape index (κ3) is 3.44. The first kappa shape index (κ1) is 14.2. The molecule has 20 heavy (non-hydrogen) atoms. The normalized spacial score (nSPS) is 10.8. The van der Waals surface area contributed by atoms with E-state index in [1.54, 1.807) is 7.05 Å². The molecule has 0 bridgehead atoms. The molecule has 1 aromatic carbocycles. The zero-order chi connectivity index (χ0) is 14.7. The molecule has 1 heterocycles. The highest BCUT2D eigenvalue weighted by Gasteiger charge is 2.10. The molecule has 106 valence electrons. The molecule has 2 aromatic rings. The summed E-state index contributed by atoms with van der Waals surface area (Å²) >= 11 is 0. The third-order valence-electron chi connectivity index (χ3n) is 2.79. The first-order valence-electron chi connectivity index (χ1n) is 6.53. The lowest BCUT2D eigenvalue weighted by Crippen LogP contribution is -2.03. The van der Waals surface area contributed by atoms with Crippen molar-refractivity contribution in [3.63, 3.8) is 0 Å². The fourth-order valence-corrected chi connectivity index (χ4v) is 1.98. The van der Waals surface area contributed by atoms with Gasteiger partial charge in [0.2, 0.25) is 0 Å². The fourth-order valence-electron chi connectivity index (χ4n) is 1.98. The van der Waals surface area contributed by atoms with Crippen LogP contribution in [-0.4, -0.2) is 22.1 Å². The summed E-state index contributed by atoms with van der Waals surface area (Å²) in [6, 6.07) is 5.70. The third-order valence-corrected chi connectivity index (χ3v) is 2.79. The van der Waals surface area contributed by atoms with E-state index in [9.17, 15) is 9.50 Å². The predicted octanol–water partition coefficient (Wildman–Crippen LogP) is 3.23. The molecule has 0 saturated carbocycles. The number of halogens is 1. The molecular formula is C15H18FN3O. The van der Waals surface area contributed by atoms with E-state index in [4.69, 9.17) is 0 Å². The Kier molecular flexibility index (Phi) is 4.17. The van der Waals surface area contributed by atoms with Crippen molar-refractivity contribution < 1.29 is 9.50 Å². The standard InChI is InChI=1S/C15H18FN3O/c1-9(2)4-12-8-14(17-3)19-15(18-12)10-5-11(16)7-13(20)6-10/h5-9,20H,4H2,1-3H3,(H,17,18,19). The number of hydrogen-bond acceptors (Lipinski definition) is 4. The summed E-state index contributed by atoms with van der Waals surface area (Å²) in [6.45, 7) is 4.21. The molecule has 0 unspecified atom stereocenters. The second-order valence-electron chi connectivity index (χ2n) is 5.11. The van der Waals surface area contributed by atoms with Gasteiger partial charge in [0, 0.05) is 30.4 Å². The van der Waals surface area contributed by atoms with Crippen LogP contribution in [0.1, 0.15) is 19.5 Å². The molecule has 0 spiro atoms. The van der Waals surface area contributed by atoms with Gasteiger partial charge in [-0.3, -0.25) is 0 Å². The smallest absolute Gasteiger partial charge is 0.161 e. The van der Waals surface area contributed by atoms with E-state index < -0.39 is 5.82 Å². The molecule has 0 aliphatic rings. The van der Waals surface area contributed by atoms with Crippen LogP contribution in [0, 0.1) is 11.7 Å². The Morgan fingerprint density at radius 2 is 1.95 bits per heavy atom. The van der Waals surface area contributed by atoms with Gasteiger partial charge in [-0.2, -0.15) is 0 Å². The van der Waals surface area contributed by atoms with E-state index in [0.717, 1.165) is 18.2 Å². The molecule has 4 nitrogen and oxygen atoms in total. The summed E-state index contributed by atoms with van der Waals surface area (Å²) in [4.78, 5) is 8.76. The molecule has 0 aliphatic heterocycles. The van der Waals surface area contributed by atoms with Crippen LogP contribution in [0.2, 0.25) is 0 Å². The molecule has 1 aromatic heterocycles. The average Bonchev–Trinajstić information content (AvgIpc) is 2.36. The van der Waals surface area contributed by atoms with Gasteiger partial charge in [0.15, 0.2) is 5.82 Å². The Hall–Kier alpha value is -2.17. The molecule has 0 amide bonds. The van der Waals surface area contributed by atoms with Crippen molar-refractivity contribution >= 4 is 5.82 Å². The van der Waals surface area contributed by atoms with E-state index >= 15 is 0 Å². The van der Waals surface area contributed by atoms with Crippen molar-refractivity contribution in [1.29, 1.82) is 0 Å². The lowest BCUT2D eigenvalue weighted by molar-refractivity contribution is 0.469. The van der Waals surface area contributed by atoms with Crippen LogP contribution in [-0.2, 0) is 6.42 Å². The number of benzene rings is 1. The van der Waals surface area contributed by atoms with Crippen molar-refractivity contribution in [2.45, 2.75) is 20.3 Å². The van der Waals surface area contributed by atoms with Gasteiger partial charge in [0.1, 0.15) is 17.4 Å². The van der Waals surface area contributed by atoms with Gasteiger partial charge in [-0.15, -0.1) is 0 Å². The summed E-state index contributed by atoms with van der Waals surface area (Å²) in [5.41, 5.74) is 1.35. The maximum absolute atomic E-state index is 13.4. The van der Waals surface area contributed by atoms with Crippen molar-refractivity contribution in [3.05, 3.63) is 35.8 Å². The van der Waals surface area contributed by atoms with Crippen LogP contribution in [0.25, 0.3) is 11.4 Å². The number of hydrogen-bond donors (Lipinski definition) is 2. The van der Waals surface area contributed by atoms with Gasteiger partial charge >= 0.3 is 0 Å². The first-order valence-corrected chi connectivity index (χ1v) is 6.53. The highest BCUT2D eigenvalue weighted by molar-refractivity contribution is 5.59. The van der Waals surface area contributed by atoms with Gasteiger partial charge in [-0.25, -0.2) is 14.4 Å². The summed E-state index contributed by atoms with van der Waals surface area (Å²) in [5.74, 6) is 0.896. The van der Waals surface area contributed by atoms with Crippen LogP contribution in [0.5, 0.6) is 5.75 Å². The van der Waals surface area contributed by atoms with Crippen molar-refractivity contribution in [2.24, 2.45) is 5.92 Å². The van der Waals surface area contributed by atoms with Gasteiger partial charge in [-0.1, -0.05) is 13.8 Å². The summed E-state index contributed by atoms with van der Waals surface area (Å²) in [6.07, 6.45) is 0.811. The van der Waals surface area contributed by atoms with Gasteiger partial charge in [-0.05, 0) is 24.5 Å². The van der Waals surface area contributed by atoms with Crippen LogP contribution in [0.3, 0.4) is 0 Å². The van der Waals surface area contributed by atoms with E-state index in [1.165, 1.54) is 12.1 Å². The van der Waals surface area contributed by atoms with Crippen LogP contribution in [0.4, 0.5) is 10.2 Å². The molecule has 0 aliphatic carbocycles. The monoisotopic (exact) mass is 275 g/mol. The lowest BCUT2D eigenvalue weighted by atomic mass is 10.1. The minimum absolute atomic E-state index is 0.135. The van der Waals surface area contributed by atoms with E-state index in [0.29, 0.717) is 23.1 Å². The number of rotatable bonds is 4. The number of nitrogens with one attached hydrogen (secondary N) is 1. The average molecular weight is 275 g/mol. The predicted molar refractivity (Wildman–Crippen MR) is 77.2 cm³/mol. The van der Waals surface area contributed by atoms with Crippen molar-refractivity contribution in [2.75, 3.05) is 12.4 Å². The second-order valence-corrected chi connectivity index (χ2v) is 5.11. The number of phenolic OH excluding ortho intramolecular Hbond substituents is 1. The van der Waals surface area contributed by atoms with E-state index in [1.807, 2.05) is 6.07 Å². The SMILES string of the molecule is CNc1cc(CC(C)C)nc(-c2cc(O)cc(F)c2)n1. The number of phenols is 1. The van der Waals surface area contributed by atoms with Gasteiger partial charge in [0.25, 0.3) is 0 Å². The van der Waals surface area contributed by atoms with Gasteiger partial charge < -0.3 is 10.4 Å². The van der Waals surface area contributed by atoms with Gasteiger partial charge in [0.05, 0.1) is 0 Å². The summed E-state index contributed by atoms with van der Waals surface area (Å²) < 4.78 is 13.4. The first-order chi connectivity index (χ1) is 9.47. The largest absolute Gasteiger partial charge is 0.508 e. The number of anilines is 1. The quantitative estimate of drug-likeness (QED) is 0.899. The zero-order valence-electron chi connectivity index (χ0n) is 11.8. The Balaban J connectivity index is 2.49. The van der Waals surface area contributed by atoms with Crippen molar-refractivity contribution in [3.8, 4) is 17.1 Å². The molecule has 0 radical (unpaired) electrons. The molecule has 0 atom stereocenters. The van der Waals surface area contributed by atoms with E-state index in [2.05, 4.69) is 29.1 Å². The minimum atomic E-state index is -0.510. The second kappa shape index (κ2) is 5.86. The maximum Gasteiger partial charge on any atom is 0.161 e. The summed E-state index contributed by atoms with van der Waals surface area (Å²) in [7, 11) is 1.77. The molecule has 2 N–H and O–H groups in total. The fraction of sp³-hybridized carbons (Fsp3) is 0.333. The molecule has 5 heteroatoms. The Morgan fingerprint density at radius 1 is 1.20 bits per heavy atom. The van der Waals surface area contributed by atoms with Crippen LogP contribution < -0.4 is 5.32 Å². The lowest BCUT2D eigenvalue weighted by Gasteiger charge is -2.10. The highest BCUT2D eigenvalue weighted by Crippen LogP contribution is 2.24. The zero-order valence-corrected chi connectivity index (χ0v) is 11.8. The van der Waals surface area contributed by atoms with Crippen LogP contribution in [0.15, 0.2) is 24.3 Å². The van der Waals surface area contributed by atoms with Crippen LogP contribution >= 0.6 is 0 Å². The molecule has 0 saturated heterocycles. The molecular weight excluding hydrogens is 257 g/mol. The molecule has 2 rings (SSSR count). The number of aromatic hydroxyl groups is 1. The Bertz CT molecular complexity index is 594. The Morgan fingerprint density at radius 3 is 2.55 bits per heavy atom. The topological polar surface area (TPSA) is 58.0 Å². The number of aromatic nitrogens is 2. The highest BCUT2D eigenvalue weighted by atomic mass is 19.1.